The van der Waals surface area contributed by atoms with Gasteiger partial charge in [0.2, 0.25) is 0 Å². The topological polar surface area (TPSA) is 17.8 Å². The van der Waals surface area contributed by atoms with Gasteiger partial charge in [0.15, 0.2) is 0 Å². The van der Waals surface area contributed by atoms with Gasteiger partial charge >= 0.3 is 0 Å². The number of aryl methyl sites for hydroxylation is 2. The van der Waals surface area contributed by atoms with E-state index >= 15 is 0 Å². The fourth-order valence-corrected chi connectivity index (χ4v) is 4.35. The van der Waals surface area contributed by atoms with E-state index in [1.165, 1.54) is 22.2 Å². The molecule has 0 aliphatic rings. The number of rotatable bonds is 2. The molecule has 2 aromatic heterocycles. The number of hydrogen-bond acceptors (Lipinski definition) is 2. The van der Waals surface area contributed by atoms with Crippen LogP contribution in [0.15, 0.2) is 47.8 Å². The Balaban J connectivity index is 2.04. The third-order valence-electron chi connectivity index (χ3n) is 4.16. The van der Waals surface area contributed by atoms with Gasteiger partial charge in [-0.05, 0) is 31.2 Å². The molecule has 0 aliphatic heterocycles. The highest BCUT2D eigenvalue weighted by molar-refractivity contribution is 7.17. The van der Waals surface area contributed by atoms with E-state index < -0.39 is 0 Å². The molecule has 0 fully saturated rings. The second-order valence-electron chi connectivity index (χ2n) is 5.70. The van der Waals surface area contributed by atoms with Crippen molar-refractivity contribution in [1.29, 1.82) is 0 Å². The molecule has 5 heteroatoms. The molecule has 0 spiro atoms. The second-order valence-corrected chi connectivity index (χ2v) is 7.02. The van der Waals surface area contributed by atoms with Crippen LogP contribution in [0.1, 0.15) is 5.69 Å². The van der Waals surface area contributed by atoms with Crippen LogP contribution in [0.3, 0.4) is 0 Å². The summed E-state index contributed by atoms with van der Waals surface area (Å²) in [6.07, 6.45) is 0. The molecular formula is C19H14ClFN2S. The van der Waals surface area contributed by atoms with Crippen molar-refractivity contribution in [2.24, 2.45) is 7.05 Å². The van der Waals surface area contributed by atoms with E-state index in [1.807, 2.05) is 30.8 Å². The van der Waals surface area contributed by atoms with Crippen molar-refractivity contribution in [1.82, 2.24) is 9.78 Å². The van der Waals surface area contributed by atoms with Gasteiger partial charge in [-0.3, -0.25) is 4.68 Å². The Morgan fingerprint density at radius 2 is 1.92 bits per heavy atom. The average molecular weight is 357 g/mol. The summed E-state index contributed by atoms with van der Waals surface area (Å²) in [5.41, 5.74) is 4.74. The Kier molecular flexibility index (Phi) is 3.66. The number of fused-ring (bicyclic) bond motifs is 1. The van der Waals surface area contributed by atoms with Crippen molar-refractivity contribution in [2.75, 3.05) is 0 Å². The summed E-state index contributed by atoms with van der Waals surface area (Å²) in [6, 6.07) is 12.8. The molecule has 0 saturated heterocycles. The number of benzene rings is 2. The van der Waals surface area contributed by atoms with Crippen LogP contribution in [-0.2, 0) is 7.05 Å². The molecule has 0 amide bonds. The molecule has 0 aliphatic carbocycles. The highest BCUT2D eigenvalue weighted by Crippen LogP contribution is 2.42. The maximum absolute atomic E-state index is 13.4. The van der Waals surface area contributed by atoms with Crippen LogP contribution < -0.4 is 0 Å². The zero-order valence-electron chi connectivity index (χ0n) is 13.2. The molecule has 0 radical (unpaired) electrons. The fourth-order valence-electron chi connectivity index (χ4n) is 3.14. The van der Waals surface area contributed by atoms with E-state index in [0.29, 0.717) is 5.02 Å². The summed E-state index contributed by atoms with van der Waals surface area (Å²) in [5.74, 6) is -0.340. The largest absolute Gasteiger partial charge is 0.267 e. The lowest BCUT2D eigenvalue weighted by Crippen LogP contribution is -1.94. The molecule has 0 unspecified atom stereocenters. The molecule has 0 N–H and O–H groups in total. The Hall–Kier alpha value is -2.17. The normalized spacial score (nSPS) is 11.3. The number of halogens is 2. The first kappa shape index (κ1) is 15.4. The molecule has 2 heterocycles. The fraction of sp³-hybridized carbons (Fsp3) is 0.105. The smallest absolute Gasteiger partial charge is 0.124 e. The van der Waals surface area contributed by atoms with E-state index in [4.69, 9.17) is 11.6 Å². The quantitative estimate of drug-likeness (QED) is 0.426. The van der Waals surface area contributed by atoms with Gasteiger partial charge in [-0.2, -0.15) is 5.10 Å². The first-order valence-electron chi connectivity index (χ1n) is 7.52. The summed E-state index contributed by atoms with van der Waals surface area (Å²) in [6.45, 7) is 1.95. The van der Waals surface area contributed by atoms with E-state index in [-0.39, 0.29) is 5.82 Å². The van der Waals surface area contributed by atoms with Crippen LogP contribution in [0.5, 0.6) is 0 Å². The first-order chi connectivity index (χ1) is 11.6. The van der Waals surface area contributed by atoms with Crippen molar-refractivity contribution in [2.45, 2.75) is 6.92 Å². The zero-order valence-corrected chi connectivity index (χ0v) is 14.7. The van der Waals surface area contributed by atoms with Gasteiger partial charge in [-0.1, -0.05) is 29.8 Å². The van der Waals surface area contributed by atoms with Crippen molar-refractivity contribution < 1.29 is 4.39 Å². The summed E-state index contributed by atoms with van der Waals surface area (Å²) in [4.78, 5) is 0. The Morgan fingerprint density at radius 3 is 2.71 bits per heavy atom. The minimum Gasteiger partial charge on any atom is -0.267 e. The average Bonchev–Trinajstić information content (AvgIpc) is 3.08. The molecule has 4 rings (SSSR count). The van der Waals surface area contributed by atoms with Crippen molar-refractivity contribution >= 4 is 33.0 Å². The molecule has 0 bridgehead atoms. The molecule has 2 nitrogen and oxygen atoms in total. The highest BCUT2D eigenvalue weighted by atomic mass is 35.5. The van der Waals surface area contributed by atoms with Gasteiger partial charge in [0, 0.05) is 39.2 Å². The van der Waals surface area contributed by atoms with Gasteiger partial charge in [0.1, 0.15) is 5.82 Å². The van der Waals surface area contributed by atoms with E-state index in [0.717, 1.165) is 28.1 Å². The van der Waals surface area contributed by atoms with Crippen molar-refractivity contribution in [3.8, 4) is 22.4 Å². The van der Waals surface area contributed by atoms with Gasteiger partial charge in [-0.15, -0.1) is 11.3 Å². The summed E-state index contributed by atoms with van der Waals surface area (Å²) in [7, 11) is 1.93. The standard InChI is InChI=1S/C19H14ClFN2S/c1-11-18(14-8-7-12(21)9-16(14)20)19(23(2)22-11)15-10-24-17-6-4-3-5-13(15)17/h3-10H,1-2H3. The van der Waals surface area contributed by atoms with Crippen LogP contribution in [0.2, 0.25) is 5.02 Å². The first-order valence-corrected chi connectivity index (χ1v) is 8.77. The van der Waals surface area contributed by atoms with Gasteiger partial charge in [0.25, 0.3) is 0 Å². The van der Waals surface area contributed by atoms with Crippen molar-refractivity contribution in [3.05, 3.63) is 64.4 Å². The lowest BCUT2D eigenvalue weighted by atomic mass is 9.98. The van der Waals surface area contributed by atoms with Crippen molar-refractivity contribution in [3.63, 3.8) is 0 Å². The summed E-state index contributed by atoms with van der Waals surface area (Å²) < 4.78 is 16.5. The van der Waals surface area contributed by atoms with E-state index in [1.54, 1.807) is 17.4 Å². The molecule has 2 aromatic carbocycles. The molecular weight excluding hydrogens is 343 g/mol. The van der Waals surface area contributed by atoms with Gasteiger partial charge < -0.3 is 0 Å². The van der Waals surface area contributed by atoms with Gasteiger partial charge in [-0.25, -0.2) is 4.39 Å². The molecule has 24 heavy (non-hydrogen) atoms. The molecule has 0 saturated carbocycles. The molecule has 4 aromatic rings. The predicted molar refractivity (Wildman–Crippen MR) is 99.2 cm³/mol. The minimum atomic E-state index is -0.340. The number of hydrogen-bond donors (Lipinski definition) is 0. The monoisotopic (exact) mass is 356 g/mol. The number of thiophene rings is 1. The maximum atomic E-state index is 13.4. The van der Waals surface area contributed by atoms with Crippen LogP contribution >= 0.6 is 22.9 Å². The van der Waals surface area contributed by atoms with E-state index in [2.05, 4.69) is 22.6 Å². The van der Waals surface area contributed by atoms with Crippen LogP contribution in [-0.4, -0.2) is 9.78 Å². The third-order valence-corrected chi connectivity index (χ3v) is 5.43. The molecule has 120 valence electrons. The SMILES string of the molecule is Cc1nn(C)c(-c2csc3ccccc23)c1-c1ccc(F)cc1Cl. The zero-order chi connectivity index (χ0) is 16.8. The lowest BCUT2D eigenvalue weighted by Gasteiger charge is -2.08. The second kappa shape index (κ2) is 5.72. The number of nitrogens with zero attached hydrogens (tertiary/aromatic N) is 2. The Labute approximate surface area is 148 Å². The van der Waals surface area contributed by atoms with E-state index in [9.17, 15) is 4.39 Å². The minimum absolute atomic E-state index is 0.340. The molecule has 0 atom stereocenters. The van der Waals surface area contributed by atoms with Crippen LogP contribution in [0.25, 0.3) is 32.5 Å². The highest BCUT2D eigenvalue weighted by Gasteiger charge is 2.21. The van der Waals surface area contributed by atoms with Gasteiger partial charge in [0.05, 0.1) is 16.4 Å². The maximum Gasteiger partial charge on any atom is 0.124 e. The Morgan fingerprint density at radius 1 is 1.12 bits per heavy atom. The van der Waals surface area contributed by atoms with Crippen LogP contribution in [0.4, 0.5) is 4.39 Å². The predicted octanol–water partition coefficient (Wildman–Crippen LogP) is 6.07. The summed E-state index contributed by atoms with van der Waals surface area (Å²) in [5, 5.41) is 8.30. The lowest BCUT2D eigenvalue weighted by molar-refractivity contribution is 0.628. The number of aromatic nitrogens is 2. The summed E-state index contributed by atoms with van der Waals surface area (Å²) >= 11 is 8.03. The Bertz CT molecular complexity index is 1060. The van der Waals surface area contributed by atoms with Crippen LogP contribution in [0, 0.1) is 12.7 Å². The third kappa shape index (κ3) is 2.34.